The van der Waals surface area contributed by atoms with E-state index in [1.807, 2.05) is 0 Å². The molecule has 0 fully saturated rings. The van der Waals surface area contributed by atoms with Gasteiger partial charge in [-0.15, -0.1) is 0 Å². The van der Waals surface area contributed by atoms with E-state index in [2.05, 4.69) is 9.99 Å². The van der Waals surface area contributed by atoms with Gasteiger partial charge in [-0.3, -0.25) is 4.79 Å². The van der Waals surface area contributed by atoms with E-state index >= 15 is 0 Å². The molecule has 0 aromatic carbocycles. The molecule has 0 aromatic rings. The van der Waals surface area contributed by atoms with Crippen molar-refractivity contribution in [3.05, 3.63) is 0 Å². The van der Waals surface area contributed by atoms with Crippen LogP contribution in [0.4, 0.5) is 0 Å². The first kappa shape index (κ1) is 7.94. The van der Waals surface area contributed by atoms with Crippen LogP contribution in [0, 0.1) is 0 Å². The van der Waals surface area contributed by atoms with Crippen molar-refractivity contribution in [3.63, 3.8) is 0 Å². The summed E-state index contributed by atoms with van der Waals surface area (Å²) in [7, 11) is 4.67. The fourth-order valence-corrected chi connectivity index (χ4v) is 0.213. The lowest BCUT2D eigenvalue weighted by Gasteiger charge is -2.03. The first-order valence-electron chi connectivity index (χ1n) is 2.46. The Labute approximate surface area is 54.1 Å². The summed E-state index contributed by atoms with van der Waals surface area (Å²) in [6, 6.07) is 0. The van der Waals surface area contributed by atoms with Gasteiger partial charge in [-0.1, -0.05) is 5.16 Å². The quantitative estimate of drug-likeness (QED) is 0.380. The van der Waals surface area contributed by atoms with Crippen LogP contribution in [0.2, 0.25) is 0 Å². The predicted octanol–water partition coefficient (Wildman–Crippen LogP) is -0.293. The van der Waals surface area contributed by atoms with Crippen LogP contribution in [0.5, 0.6) is 0 Å². The Morgan fingerprint density at radius 2 is 2.22 bits per heavy atom. The van der Waals surface area contributed by atoms with Gasteiger partial charge in [0.25, 0.3) is 5.91 Å². The Hall–Kier alpha value is -1.06. The minimum atomic E-state index is -0.183. The second-order valence-electron chi connectivity index (χ2n) is 1.65. The van der Waals surface area contributed by atoms with E-state index in [1.165, 1.54) is 12.0 Å². The molecule has 52 valence electrons. The molecule has 0 saturated carbocycles. The molecule has 0 rings (SSSR count). The topological polar surface area (TPSA) is 41.9 Å². The molecule has 0 saturated heterocycles. The van der Waals surface area contributed by atoms with Crippen molar-refractivity contribution in [3.8, 4) is 0 Å². The van der Waals surface area contributed by atoms with Crippen molar-refractivity contribution in [2.75, 3.05) is 21.2 Å². The molecular formula is C5H10N2O2. The van der Waals surface area contributed by atoms with Crippen LogP contribution in [0.3, 0.4) is 0 Å². The van der Waals surface area contributed by atoms with Gasteiger partial charge < -0.3 is 9.74 Å². The van der Waals surface area contributed by atoms with E-state index in [0.29, 0.717) is 0 Å². The van der Waals surface area contributed by atoms with Crippen molar-refractivity contribution in [1.29, 1.82) is 0 Å². The molecule has 0 N–H and O–H groups in total. The van der Waals surface area contributed by atoms with Crippen LogP contribution in [-0.4, -0.2) is 38.2 Å². The first-order valence-corrected chi connectivity index (χ1v) is 2.46. The maximum atomic E-state index is 10.6. The van der Waals surface area contributed by atoms with Crippen LogP contribution in [0.15, 0.2) is 5.16 Å². The zero-order chi connectivity index (χ0) is 7.28. The predicted molar refractivity (Wildman–Crippen MR) is 34.2 cm³/mol. The van der Waals surface area contributed by atoms with Crippen molar-refractivity contribution < 1.29 is 9.63 Å². The van der Waals surface area contributed by atoms with E-state index in [-0.39, 0.29) is 5.91 Å². The van der Waals surface area contributed by atoms with Crippen LogP contribution in [0.25, 0.3) is 0 Å². The summed E-state index contributed by atoms with van der Waals surface area (Å²) in [5.41, 5.74) is 0. The third-order valence-corrected chi connectivity index (χ3v) is 0.709. The molecule has 0 radical (unpaired) electrons. The number of rotatable bonds is 2. The molecule has 0 atom stereocenters. The molecule has 0 aliphatic rings. The number of oxime groups is 1. The van der Waals surface area contributed by atoms with Gasteiger partial charge in [0.15, 0.2) is 0 Å². The summed E-state index contributed by atoms with van der Waals surface area (Å²) in [6.07, 6.45) is 1.11. The van der Waals surface area contributed by atoms with Gasteiger partial charge in [0.1, 0.15) is 13.3 Å². The summed E-state index contributed by atoms with van der Waals surface area (Å²) in [4.78, 5) is 16.3. The lowest BCUT2D eigenvalue weighted by molar-refractivity contribution is -0.121. The highest BCUT2D eigenvalue weighted by Gasteiger charge is 1.96. The molecule has 0 bridgehead atoms. The third kappa shape index (κ3) is 3.52. The standard InChI is InChI=1S/C5H10N2O2/c1-7(2)5(8)4-6-9-3/h4H,1-3H3/b6-4+. The maximum absolute atomic E-state index is 10.6. The number of carbonyl (C=O) groups excluding carboxylic acids is 1. The number of hydrogen-bond acceptors (Lipinski definition) is 3. The lowest BCUT2D eigenvalue weighted by atomic mass is 10.6. The van der Waals surface area contributed by atoms with Crippen molar-refractivity contribution in [2.45, 2.75) is 0 Å². The Morgan fingerprint density at radius 1 is 1.67 bits per heavy atom. The van der Waals surface area contributed by atoms with E-state index in [4.69, 9.17) is 0 Å². The summed E-state index contributed by atoms with van der Waals surface area (Å²) < 4.78 is 0. The summed E-state index contributed by atoms with van der Waals surface area (Å²) in [6.45, 7) is 0. The molecule has 0 aromatic heterocycles. The summed E-state index contributed by atoms with van der Waals surface area (Å²) >= 11 is 0. The zero-order valence-corrected chi connectivity index (χ0v) is 5.79. The number of hydrogen-bond donors (Lipinski definition) is 0. The molecule has 9 heavy (non-hydrogen) atoms. The Bertz CT molecular complexity index is 120. The molecule has 0 unspecified atom stereocenters. The Morgan fingerprint density at radius 3 is 2.56 bits per heavy atom. The molecule has 0 aliphatic carbocycles. The van der Waals surface area contributed by atoms with Crippen molar-refractivity contribution >= 4 is 12.1 Å². The zero-order valence-electron chi connectivity index (χ0n) is 5.79. The van der Waals surface area contributed by atoms with Gasteiger partial charge in [0, 0.05) is 14.1 Å². The molecule has 0 spiro atoms. The minimum Gasteiger partial charge on any atom is -0.399 e. The molecule has 0 aliphatic heterocycles. The van der Waals surface area contributed by atoms with Gasteiger partial charge >= 0.3 is 0 Å². The van der Waals surface area contributed by atoms with E-state index in [1.54, 1.807) is 14.1 Å². The smallest absolute Gasteiger partial charge is 0.267 e. The fourth-order valence-electron chi connectivity index (χ4n) is 0.213. The van der Waals surface area contributed by atoms with Gasteiger partial charge in [0.2, 0.25) is 0 Å². The van der Waals surface area contributed by atoms with Crippen LogP contribution >= 0.6 is 0 Å². The highest BCUT2D eigenvalue weighted by Crippen LogP contribution is 1.73. The lowest BCUT2D eigenvalue weighted by Crippen LogP contribution is -2.22. The normalized spacial score (nSPS) is 9.67. The first-order chi connectivity index (χ1) is 4.18. The van der Waals surface area contributed by atoms with Gasteiger partial charge in [-0.05, 0) is 0 Å². The van der Waals surface area contributed by atoms with E-state index in [9.17, 15) is 4.79 Å². The average Bonchev–Trinajstić information content (AvgIpc) is 1.82. The number of amides is 1. The van der Waals surface area contributed by atoms with E-state index < -0.39 is 0 Å². The largest absolute Gasteiger partial charge is 0.399 e. The molecule has 0 heterocycles. The van der Waals surface area contributed by atoms with Gasteiger partial charge in [-0.2, -0.15) is 0 Å². The van der Waals surface area contributed by atoms with Gasteiger partial charge in [-0.25, -0.2) is 0 Å². The average molecular weight is 130 g/mol. The number of carbonyl (C=O) groups is 1. The molecule has 4 nitrogen and oxygen atoms in total. The molecule has 1 amide bonds. The van der Waals surface area contributed by atoms with Gasteiger partial charge in [0.05, 0.1) is 0 Å². The highest BCUT2D eigenvalue weighted by atomic mass is 16.6. The summed E-state index contributed by atoms with van der Waals surface area (Å²) in [5, 5.41) is 3.28. The number of nitrogens with zero attached hydrogens (tertiary/aromatic N) is 2. The van der Waals surface area contributed by atoms with Crippen molar-refractivity contribution in [1.82, 2.24) is 4.90 Å². The maximum Gasteiger partial charge on any atom is 0.267 e. The Balaban J connectivity index is 3.63. The second kappa shape index (κ2) is 3.88. The monoisotopic (exact) mass is 130 g/mol. The van der Waals surface area contributed by atoms with Crippen molar-refractivity contribution in [2.24, 2.45) is 5.16 Å². The fraction of sp³-hybridized carbons (Fsp3) is 0.600. The van der Waals surface area contributed by atoms with E-state index in [0.717, 1.165) is 6.21 Å². The van der Waals surface area contributed by atoms with Crippen LogP contribution in [0.1, 0.15) is 0 Å². The molecular weight excluding hydrogens is 120 g/mol. The van der Waals surface area contributed by atoms with Crippen LogP contribution < -0.4 is 0 Å². The minimum absolute atomic E-state index is 0.183. The highest BCUT2D eigenvalue weighted by molar-refractivity contribution is 6.25. The summed E-state index contributed by atoms with van der Waals surface area (Å²) in [5.74, 6) is -0.183. The third-order valence-electron chi connectivity index (χ3n) is 0.709. The second-order valence-corrected chi connectivity index (χ2v) is 1.65. The van der Waals surface area contributed by atoms with Crippen LogP contribution in [-0.2, 0) is 9.63 Å². The molecule has 4 heteroatoms. The Kier molecular flexibility index (Phi) is 3.43. The SMILES string of the molecule is CO/N=C/C(=O)N(C)C.